The van der Waals surface area contributed by atoms with Crippen molar-refractivity contribution >= 4 is 28.1 Å². The van der Waals surface area contributed by atoms with Gasteiger partial charge in [0, 0.05) is 11.1 Å². The molecule has 0 spiro atoms. The number of hydrogen-bond donors (Lipinski definition) is 0. The zero-order chi connectivity index (χ0) is 11.8. The highest BCUT2D eigenvalue weighted by molar-refractivity contribution is 6.14. The average Bonchev–Trinajstić information content (AvgIpc) is 2.68. The number of anilines is 1. The molecule has 0 saturated carbocycles. The van der Waals surface area contributed by atoms with Gasteiger partial charge in [-0.25, -0.2) is 0 Å². The molecule has 0 radical (unpaired) electrons. The smallest absolute Gasteiger partial charge is 0.253 e. The van der Waals surface area contributed by atoms with Crippen LogP contribution in [-0.2, 0) is 4.79 Å². The van der Waals surface area contributed by atoms with E-state index in [0.29, 0.717) is 6.42 Å². The first-order valence-corrected chi connectivity index (χ1v) is 5.60. The van der Waals surface area contributed by atoms with E-state index in [9.17, 15) is 4.79 Å². The van der Waals surface area contributed by atoms with Crippen LogP contribution in [0, 0.1) is 0 Å². The van der Waals surface area contributed by atoms with Crippen molar-refractivity contribution in [1.82, 2.24) is 0 Å². The summed E-state index contributed by atoms with van der Waals surface area (Å²) in [7, 11) is 0. The molecule has 0 unspecified atom stereocenters. The van der Waals surface area contributed by atoms with E-state index in [1.165, 1.54) is 5.01 Å². The second-order valence-corrected chi connectivity index (χ2v) is 4.22. The van der Waals surface area contributed by atoms with E-state index in [1.54, 1.807) is 0 Å². The van der Waals surface area contributed by atoms with Gasteiger partial charge in [0.05, 0.1) is 12.1 Å². The fourth-order valence-corrected chi connectivity index (χ4v) is 2.14. The SMILES string of the molecule is CC1=NN(c2cccc3ccccc23)C(=O)C1. The van der Waals surface area contributed by atoms with Crippen molar-refractivity contribution < 1.29 is 4.79 Å². The van der Waals surface area contributed by atoms with Gasteiger partial charge in [-0.2, -0.15) is 10.1 Å². The van der Waals surface area contributed by atoms with Crippen molar-refractivity contribution in [2.24, 2.45) is 5.10 Å². The number of nitrogens with zero attached hydrogens (tertiary/aromatic N) is 2. The molecule has 17 heavy (non-hydrogen) atoms. The Kier molecular flexibility index (Phi) is 2.18. The number of carbonyl (C=O) groups excluding carboxylic acids is 1. The van der Waals surface area contributed by atoms with Gasteiger partial charge in [-0.15, -0.1) is 0 Å². The zero-order valence-corrected chi connectivity index (χ0v) is 9.55. The van der Waals surface area contributed by atoms with Gasteiger partial charge in [-0.3, -0.25) is 4.79 Å². The predicted molar refractivity (Wildman–Crippen MR) is 69.2 cm³/mol. The van der Waals surface area contributed by atoms with Gasteiger partial charge in [-0.1, -0.05) is 36.4 Å². The minimum atomic E-state index is 0.0406. The van der Waals surface area contributed by atoms with Gasteiger partial charge in [0.1, 0.15) is 0 Å². The Bertz CT molecular complexity index is 626. The third-order valence-electron chi connectivity index (χ3n) is 2.91. The fraction of sp³-hybridized carbons (Fsp3) is 0.143. The highest BCUT2D eigenvalue weighted by Crippen LogP contribution is 2.29. The number of amides is 1. The fourth-order valence-electron chi connectivity index (χ4n) is 2.14. The summed E-state index contributed by atoms with van der Waals surface area (Å²) < 4.78 is 0. The first-order valence-electron chi connectivity index (χ1n) is 5.60. The number of carbonyl (C=O) groups is 1. The molecular formula is C14H12N2O. The maximum Gasteiger partial charge on any atom is 0.253 e. The molecule has 1 amide bonds. The molecule has 0 aliphatic carbocycles. The van der Waals surface area contributed by atoms with Crippen molar-refractivity contribution in [2.45, 2.75) is 13.3 Å². The highest BCUT2D eigenvalue weighted by atomic mass is 16.2. The van der Waals surface area contributed by atoms with Crippen molar-refractivity contribution in [3.63, 3.8) is 0 Å². The minimum absolute atomic E-state index is 0.0406. The second kappa shape index (κ2) is 3.70. The Hall–Kier alpha value is -2.16. The lowest BCUT2D eigenvalue weighted by molar-refractivity contribution is -0.116. The molecule has 1 aliphatic heterocycles. The lowest BCUT2D eigenvalue weighted by Gasteiger charge is -2.14. The molecule has 0 bridgehead atoms. The molecule has 3 heteroatoms. The van der Waals surface area contributed by atoms with Gasteiger partial charge in [0.25, 0.3) is 5.91 Å². The Morgan fingerprint density at radius 3 is 2.65 bits per heavy atom. The summed E-state index contributed by atoms with van der Waals surface area (Å²) >= 11 is 0. The van der Waals surface area contributed by atoms with Gasteiger partial charge < -0.3 is 0 Å². The van der Waals surface area contributed by atoms with Crippen LogP contribution in [0.1, 0.15) is 13.3 Å². The number of hydrogen-bond acceptors (Lipinski definition) is 2. The lowest BCUT2D eigenvalue weighted by Crippen LogP contribution is -2.19. The van der Waals surface area contributed by atoms with Crippen molar-refractivity contribution in [2.75, 3.05) is 5.01 Å². The third kappa shape index (κ3) is 1.60. The van der Waals surface area contributed by atoms with E-state index in [-0.39, 0.29) is 5.91 Å². The Morgan fingerprint density at radius 2 is 1.88 bits per heavy atom. The summed E-state index contributed by atoms with van der Waals surface area (Å²) in [6.07, 6.45) is 0.420. The van der Waals surface area contributed by atoms with Crippen molar-refractivity contribution in [1.29, 1.82) is 0 Å². The number of benzene rings is 2. The first-order chi connectivity index (χ1) is 8.25. The van der Waals surface area contributed by atoms with Crippen LogP contribution in [0.5, 0.6) is 0 Å². The van der Waals surface area contributed by atoms with E-state index in [0.717, 1.165) is 22.2 Å². The van der Waals surface area contributed by atoms with Crippen LogP contribution in [0.2, 0.25) is 0 Å². The van der Waals surface area contributed by atoms with Gasteiger partial charge in [-0.05, 0) is 18.4 Å². The third-order valence-corrected chi connectivity index (χ3v) is 2.91. The van der Waals surface area contributed by atoms with Crippen LogP contribution >= 0.6 is 0 Å². The van der Waals surface area contributed by atoms with Crippen LogP contribution in [0.15, 0.2) is 47.6 Å². The molecule has 1 aliphatic rings. The van der Waals surface area contributed by atoms with Gasteiger partial charge in [0.15, 0.2) is 0 Å². The van der Waals surface area contributed by atoms with E-state index < -0.39 is 0 Å². The molecule has 0 aromatic heterocycles. The molecule has 0 saturated heterocycles. The normalized spacial score (nSPS) is 15.5. The van der Waals surface area contributed by atoms with Crippen LogP contribution in [0.4, 0.5) is 5.69 Å². The van der Waals surface area contributed by atoms with Crippen molar-refractivity contribution in [3.05, 3.63) is 42.5 Å². The Morgan fingerprint density at radius 1 is 1.12 bits per heavy atom. The molecule has 0 fully saturated rings. The summed E-state index contributed by atoms with van der Waals surface area (Å²) in [5, 5.41) is 7.98. The second-order valence-electron chi connectivity index (χ2n) is 4.22. The van der Waals surface area contributed by atoms with Crippen LogP contribution in [0.3, 0.4) is 0 Å². The Labute approximate surface area is 99.4 Å². The zero-order valence-electron chi connectivity index (χ0n) is 9.55. The number of rotatable bonds is 1. The van der Waals surface area contributed by atoms with E-state index in [1.807, 2.05) is 49.4 Å². The minimum Gasteiger partial charge on any atom is -0.272 e. The van der Waals surface area contributed by atoms with E-state index in [2.05, 4.69) is 5.10 Å². The molecule has 0 N–H and O–H groups in total. The van der Waals surface area contributed by atoms with Crippen LogP contribution in [0.25, 0.3) is 10.8 Å². The summed E-state index contributed by atoms with van der Waals surface area (Å²) in [6, 6.07) is 13.9. The van der Waals surface area contributed by atoms with E-state index in [4.69, 9.17) is 0 Å². The lowest BCUT2D eigenvalue weighted by atomic mass is 10.1. The topological polar surface area (TPSA) is 32.7 Å². The number of hydrazone groups is 1. The molecule has 2 aromatic rings. The molecule has 2 aromatic carbocycles. The quantitative estimate of drug-likeness (QED) is 0.733. The maximum absolute atomic E-state index is 11.8. The summed E-state index contributed by atoms with van der Waals surface area (Å²) in [6.45, 7) is 1.88. The summed E-state index contributed by atoms with van der Waals surface area (Å²) in [5.41, 5.74) is 1.73. The highest BCUT2D eigenvalue weighted by Gasteiger charge is 2.23. The predicted octanol–water partition coefficient (Wildman–Crippen LogP) is 2.95. The molecule has 3 nitrogen and oxygen atoms in total. The number of fused-ring (bicyclic) bond motifs is 1. The first kappa shape index (κ1) is 10.0. The maximum atomic E-state index is 11.8. The monoisotopic (exact) mass is 224 g/mol. The molecule has 84 valence electrons. The average molecular weight is 224 g/mol. The molecule has 1 heterocycles. The molecule has 3 rings (SSSR count). The molecule has 0 atom stereocenters. The molecular weight excluding hydrogens is 212 g/mol. The summed E-state index contributed by atoms with van der Waals surface area (Å²) in [5.74, 6) is 0.0406. The van der Waals surface area contributed by atoms with Gasteiger partial charge in [0.2, 0.25) is 0 Å². The van der Waals surface area contributed by atoms with Crippen LogP contribution in [-0.4, -0.2) is 11.6 Å². The van der Waals surface area contributed by atoms with E-state index >= 15 is 0 Å². The van der Waals surface area contributed by atoms with Crippen molar-refractivity contribution in [3.8, 4) is 0 Å². The summed E-state index contributed by atoms with van der Waals surface area (Å²) in [4.78, 5) is 11.8. The standard InChI is InChI=1S/C14H12N2O/c1-10-9-14(17)16(15-10)13-8-4-6-11-5-2-3-7-12(11)13/h2-8H,9H2,1H3. The van der Waals surface area contributed by atoms with Crippen LogP contribution < -0.4 is 5.01 Å². The van der Waals surface area contributed by atoms with Gasteiger partial charge >= 0.3 is 0 Å². The largest absolute Gasteiger partial charge is 0.272 e. The Balaban J connectivity index is 2.21.